The Bertz CT molecular complexity index is 520. The smallest absolute Gasteiger partial charge is 0.152 e. The summed E-state index contributed by atoms with van der Waals surface area (Å²) >= 11 is 6.04. The van der Waals surface area contributed by atoms with Crippen LogP contribution >= 0.6 is 11.6 Å². The number of aromatic nitrogens is 2. The predicted molar refractivity (Wildman–Crippen MR) is 76.0 cm³/mol. The van der Waals surface area contributed by atoms with Gasteiger partial charge in [0, 0.05) is 31.7 Å². The summed E-state index contributed by atoms with van der Waals surface area (Å²) in [6.07, 6.45) is 7.19. The van der Waals surface area contributed by atoms with Crippen LogP contribution in [0.25, 0.3) is 0 Å². The Morgan fingerprint density at radius 3 is 3.06 bits per heavy atom. The van der Waals surface area contributed by atoms with Crippen molar-refractivity contribution < 1.29 is 0 Å². The number of rotatable bonds is 5. The lowest BCUT2D eigenvalue weighted by atomic mass is 10.3. The van der Waals surface area contributed by atoms with Gasteiger partial charge in [0.15, 0.2) is 5.15 Å². The molecule has 0 aromatic carbocycles. The molecule has 18 heavy (non-hydrogen) atoms. The van der Waals surface area contributed by atoms with E-state index in [9.17, 15) is 0 Å². The number of hydrogen-bond donors (Lipinski definition) is 1. The third kappa shape index (κ3) is 3.26. The average molecular weight is 264 g/mol. The average Bonchev–Trinajstić information content (AvgIpc) is 2.79. The maximum atomic E-state index is 6.04. The van der Waals surface area contributed by atoms with Crippen molar-refractivity contribution in [3.8, 4) is 0 Å². The van der Waals surface area contributed by atoms with Crippen LogP contribution in [-0.2, 0) is 13.1 Å². The maximum absolute atomic E-state index is 6.04. The van der Waals surface area contributed by atoms with Crippen molar-refractivity contribution in [2.24, 2.45) is 0 Å². The minimum atomic E-state index is 0.522. The first-order chi connectivity index (χ1) is 8.69. The lowest BCUT2D eigenvalue weighted by Gasteiger charge is -2.07. The molecule has 0 atom stereocenters. The molecule has 0 aliphatic rings. The number of hydrogen-bond acceptors (Lipinski definition) is 2. The van der Waals surface area contributed by atoms with E-state index in [0.717, 1.165) is 30.8 Å². The highest BCUT2D eigenvalue weighted by Crippen LogP contribution is 2.20. The summed E-state index contributed by atoms with van der Waals surface area (Å²) in [6, 6.07) is 4.14. The fourth-order valence-corrected chi connectivity index (χ4v) is 2.04. The first kappa shape index (κ1) is 13.0. The number of nitrogens with one attached hydrogen (secondary N) is 1. The summed E-state index contributed by atoms with van der Waals surface area (Å²) in [7, 11) is 0. The summed E-state index contributed by atoms with van der Waals surface area (Å²) in [4.78, 5) is 4.12. The van der Waals surface area contributed by atoms with Gasteiger partial charge in [0.05, 0.1) is 5.69 Å². The van der Waals surface area contributed by atoms with E-state index < -0.39 is 0 Å². The molecule has 0 radical (unpaired) electrons. The Hall–Kier alpha value is -1.48. The minimum absolute atomic E-state index is 0.522. The highest BCUT2D eigenvalue weighted by molar-refractivity contribution is 6.31. The van der Waals surface area contributed by atoms with Crippen LogP contribution in [0.1, 0.15) is 24.5 Å². The van der Waals surface area contributed by atoms with Gasteiger partial charge in [0.25, 0.3) is 0 Å². The normalized spacial score (nSPS) is 10.6. The molecule has 0 aliphatic heterocycles. The van der Waals surface area contributed by atoms with Crippen LogP contribution in [-0.4, -0.2) is 9.55 Å². The van der Waals surface area contributed by atoms with Crippen molar-refractivity contribution >= 4 is 17.3 Å². The number of halogens is 1. The highest BCUT2D eigenvalue weighted by Gasteiger charge is 2.02. The first-order valence-electron chi connectivity index (χ1n) is 6.19. The van der Waals surface area contributed by atoms with E-state index in [1.165, 1.54) is 5.56 Å². The van der Waals surface area contributed by atoms with Crippen LogP contribution in [0.15, 0.2) is 30.7 Å². The topological polar surface area (TPSA) is 29.9 Å². The standard InChI is InChI=1S/C14H18ClN3/c1-3-5-18-6-4-12(10-18)9-16-13-7-11(2)8-17-14(13)15/h4,6-8,10,16H,3,5,9H2,1-2H3. The molecule has 4 heteroatoms. The van der Waals surface area contributed by atoms with Crippen LogP contribution in [0, 0.1) is 6.92 Å². The Morgan fingerprint density at radius 2 is 2.28 bits per heavy atom. The highest BCUT2D eigenvalue weighted by atomic mass is 35.5. The van der Waals surface area contributed by atoms with Crippen molar-refractivity contribution in [1.29, 1.82) is 0 Å². The molecule has 0 bridgehead atoms. The van der Waals surface area contributed by atoms with Crippen LogP contribution in [0.3, 0.4) is 0 Å². The molecule has 96 valence electrons. The molecule has 0 amide bonds. The Labute approximate surface area is 113 Å². The van der Waals surface area contributed by atoms with Crippen molar-refractivity contribution in [1.82, 2.24) is 9.55 Å². The fraction of sp³-hybridized carbons (Fsp3) is 0.357. The zero-order chi connectivity index (χ0) is 13.0. The fourth-order valence-electron chi connectivity index (χ4n) is 1.87. The van der Waals surface area contributed by atoms with Crippen molar-refractivity contribution in [3.63, 3.8) is 0 Å². The number of anilines is 1. The first-order valence-corrected chi connectivity index (χ1v) is 6.57. The SMILES string of the molecule is CCCn1ccc(CNc2cc(C)cnc2Cl)c1. The van der Waals surface area contributed by atoms with E-state index in [2.05, 4.69) is 40.3 Å². The van der Waals surface area contributed by atoms with Crippen LogP contribution in [0.4, 0.5) is 5.69 Å². The Balaban J connectivity index is 1.99. The molecule has 2 aromatic rings. The molecule has 2 rings (SSSR count). The summed E-state index contributed by atoms with van der Waals surface area (Å²) in [5.74, 6) is 0. The third-order valence-electron chi connectivity index (χ3n) is 2.75. The summed E-state index contributed by atoms with van der Waals surface area (Å²) in [5, 5.41) is 3.84. The zero-order valence-electron chi connectivity index (χ0n) is 10.8. The second kappa shape index (κ2) is 5.91. The second-order valence-electron chi connectivity index (χ2n) is 4.46. The Kier molecular flexibility index (Phi) is 4.26. The molecule has 0 spiro atoms. The van der Waals surface area contributed by atoms with E-state index in [4.69, 9.17) is 11.6 Å². The van der Waals surface area contributed by atoms with Gasteiger partial charge in [-0.05, 0) is 36.6 Å². The van der Waals surface area contributed by atoms with Gasteiger partial charge in [-0.2, -0.15) is 0 Å². The summed E-state index contributed by atoms with van der Waals surface area (Å²) in [6.45, 7) is 6.01. The molecule has 0 unspecified atom stereocenters. The van der Waals surface area contributed by atoms with Crippen LogP contribution < -0.4 is 5.32 Å². The lowest BCUT2D eigenvalue weighted by molar-refractivity contribution is 0.681. The number of nitrogens with zero attached hydrogens (tertiary/aromatic N) is 2. The zero-order valence-corrected chi connectivity index (χ0v) is 11.5. The van der Waals surface area contributed by atoms with Gasteiger partial charge in [-0.1, -0.05) is 18.5 Å². The van der Waals surface area contributed by atoms with E-state index in [-0.39, 0.29) is 0 Å². The van der Waals surface area contributed by atoms with Crippen LogP contribution in [0.2, 0.25) is 5.15 Å². The van der Waals surface area contributed by atoms with Crippen molar-refractivity contribution in [3.05, 3.63) is 47.0 Å². The molecular formula is C14H18ClN3. The van der Waals surface area contributed by atoms with Gasteiger partial charge in [-0.15, -0.1) is 0 Å². The lowest BCUT2D eigenvalue weighted by Crippen LogP contribution is -2.00. The molecule has 2 aromatic heterocycles. The summed E-state index contributed by atoms with van der Waals surface area (Å²) in [5.41, 5.74) is 3.24. The van der Waals surface area contributed by atoms with E-state index in [0.29, 0.717) is 5.15 Å². The number of pyridine rings is 1. The molecule has 0 saturated carbocycles. The maximum Gasteiger partial charge on any atom is 0.152 e. The summed E-state index contributed by atoms with van der Waals surface area (Å²) < 4.78 is 2.20. The third-order valence-corrected chi connectivity index (χ3v) is 3.05. The Morgan fingerprint density at radius 1 is 1.44 bits per heavy atom. The van der Waals surface area contributed by atoms with Crippen molar-refractivity contribution in [2.45, 2.75) is 33.4 Å². The van der Waals surface area contributed by atoms with Gasteiger partial charge in [-0.25, -0.2) is 4.98 Å². The predicted octanol–water partition coefficient (Wildman–Crippen LogP) is 3.87. The molecule has 0 fully saturated rings. The second-order valence-corrected chi connectivity index (χ2v) is 4.82. The van der Waals surface area contributed by atoms with Crippen molar-refractivity contribution in [2.75, 3.05) is 5.32 Å². The molecule has 0 saturated heterocycles. The van der Waals surface area contributed by atoms with Gasteiger partial charge in [0.1, 0.15) is 0 Å². The molecule has 2 heterocycles. The quantitative estimate of drug-likeness (QED) is 0.830. The molecule has 1 N–H and O–H groups in total. The van der Waals surface area contributed by atoms with Gasteiger partial charge < -0.3 is 9.88 Å². The minimum Gasteiger partial charge on any atom is -0.378 e. The largest absolute Gasteiger partial charge is 0.378 e. The van der Waals surface area contributed by atoms with Gasteiger partial charge >= 0.3 is 0 Å². The van der Waals surface area contributed by atoms with E-state index >= 15 is 0 Å². The molecule has 0 aliphatic carbocycles. The van der Waals surface area contributed by atoms with Gasteiger partial charge in [0.2, 0.25) is 0 Å². The molecule has 3 nitrogen and oxygen atoms in total. The van der Waals surface area contributed by atoms with E-state index in [1.807, 2.05) is 13.0 Å². The number of aryl methyl sites for hydroxylation is 2. The van der Waals surface area contributed by atoms with E-state index in [1.54, 1.807) is 6.20 Å². The monoisotopic (exact) mass is 263 g/mol. The molecular weight excluding hydrogens is 246 g/mol. The van der Waals surface area contributed by atoms with Crippen LogP contribution in [0.5, 0.6) is 0 Å². The van der Waals surface area contributed by atoms with Gasteiger partial charge in [-0.3, -0.25) is 0 Å².